The Hall–Kier alpha value is -0.370. The summed E-state index contributed by atoms with van der Waals surface area (Å²) in [5.41, 5.74) is 5.69. The van der Waals surface area contributed by atoms with E-state index in [2.05, 4.69) is 6.92 Å². The first-order valence-electron chi connectivity index (χ1n) is 7.69. The molecule has 0 amide bonds. The van der Waals surface area contributed by atoms with E-state index in [1.54, 1.807) is 6.92 Å². The van der Waals surface area contributed by atoms with Gasteiger partial charge in [0.25, 0.3) is 0 Å². The highest BCUT2D eigenvalue weighted by molar-refractivity contribution is 5.79. The first kappa shape index (κ1) is 17.6. The van der Waals surface area contributed by atoms with Crippen molar-refractivity contribution in [1.29, 1.82) is 0 Å². The number of carbonyl (C=O) groups excluding carboxylic acids is 1. The molecule has 0 rings (SSSR count). The quantitative estimate of drug-likeness (QED) is 0.554. The largest absolute Gasteiger partial charge is 0.325 e. The second-order valence-electron chi connectivity index (χ2n) is 6.25. The molecule has 0 heterocycles. The lowest BCUT2D eigenvalue weighted by atomic mass is 9.81. The predicted molar refractivity (Wildman–Crippen MR) is 79.7 cm³/mol. The van der Waals surface area contributed by atoms with Gasteiger partial charge < -0.3 is 5.73 Å². The van der Waals surface area contributed by atoms with Gasteiger partial charge in [-0.05, 0) is 27.2 Å². The molecule has 1 atom stereocenters. The average molecular weight is 255 g/mol. The van der Waals surface area contributed by atoms with Crippen molar-refractivity contribution in [3.63, 3.8) is 0 Å². The molecule has 0 saturated carbocycles. The number of Topliss-reactive ketones (excluding diaryl/α,β-unsaturated/α-hetero) is 1. The Bertz CT molecular complexity index is 218. The molecule has 108 valence electrons. The molecule has 0 spiro atoms. The molecular weight excluding hydrogens is 222 g/mol. The third-order valence-electron chi connectivity index (χ3n) is 3.74. The molecule has 2 nitrogen and oxygen atoms in total. The summed E-state index contributed by atoms with van der Waals surface area (Å²) in [5, 5.41) is 0. The highest BCUT2D eigenvalue weighted by Crippen LogP contribution is 2.22. The lowest BCUT2D eigenvalue weighted by molar-refractivity contribution is -0.122. The molecule has 0 bridgehead atoms. The van der Waals surface area contributed by atoms with Gasteiger partial charge in [0.15, 0.2) is 0 Å². The molecule has 0 saturated heterocycles. The molecule has 2 heteroatoms. The molecule has 0 aliphatic heterocycles. The number of rotatable bonds is 11. The van der Waals surface area contributed by atoms with Crippen LogP contribution in [0.2, 0.25) is 0 Å². The van der Waals surface area contributed by atoms with Crippen molar-refractivity contribution in [3.8, 4) is 0 Å². The van der Waals surface area contributed by atoms with Gasteiger partial charge in [-0.1, -0.05) is 58.3 Å². The fraction of sp³-hybridized carbons (Fsp3) is 0.938. The minimum absolute atomic E-state index is 0.0255. The number of hydrogen-bond acceptors (Lipinski definition) is 2. The average Bonchev–Trinajstić information content (AvgIpc) is 2.24. The van der Waals surface area contributed by atoms with Crippen LogP contribution >= 0.6 is 0 Å². The van der Waals surface area contributed by atoms with Crippen LogP contribution in [-0.4, -0.2) is 11.3 Å². The number of nitrogens with two attached hydrogens (primary N) is 1. The van der Waals surface area contributed by atoms with E-state index in [4.69, 9.17) is 5.73 Å². The molecule has 0 aromatic rings. The fourth-order valence-corrected chi connectivity index (χ4v) is 2.58. The van der Waals surface area contributed by atoms with Crippen molar-refractivity contribution in [3.05, 3.63) is 0 Å². The Morgan fingerprint density at radius 3 is 1.83 bits per heavy atom. The van der Waals surface area contributed by atoms with Crippen molar-refractivity contribution in [2.24, 2.45) is 11.7 Å². The number of hydrogen-bond donors (Lipinski definition) is 1. The lowest BCUT2D eigenvalue weighted by Gasteiger charge is -2.28. The maximum absolute atomic E-state index is 11.5. The van der Waals surface area contributed by atoms with Crippen LogP contribution in [-0.2, 0) is 4.79 Å². The van der Waals surface area contributed by atoms with Crippen LogP contribution in [0.15, 0.2) is 0 Å². The van der Waals surface area contributed by atoms with Gasteiger partial charge in [-0.2, -0.15) is 0 Å². The third-order valence-corrected chi connectivity index (χ3v) is 3.74. The van der Waals surface area contributed by atoms with E-state index >= 15 is 0 Å². The SMILES string of the molecule is CCCCCCCCCCC(C(C)=O)C(C)(C)N. The first-order valence-corrected chi connectivity index (χ1v) is 7.69. The van der Waals surface area contributed by atoms with Crippen molar-refractivity contribution in [2.45, 2.75) is 91.0 Å². The molecule has 0 aromatic carbocycles. The van der Waals surface area contributed by atoms with Crippen molar-refractivity contribution in [2.75, 3.05) is 0 Å². The molecule has 18 heavy (non-hydrogen) atoms. The first-order chi connectivity index (χ1) is 8.39. The van der Waals surface area contributed by atoms with Crippen LogP contribution in [0.3, 0.4) is 0 Å². The highest BCUT2D eigenvalue weighted by Gasteiger charge is 2.28. The van der Waals surface area contributed by atoms with E-state index in [9.17, 15) is 4.79 Å². The Morgan fingerprint density at radius 1 is 1.00 bits per heavy atom. The van der Waals surface area contributed by atoms with Gasteiger partial charge in [0.2, 0.25) is 0 Å². The van der Waals surface area contributed by atoms with Gasteiger partial charge in [0, 0.05) is 11.5 Å². The summed E-state index contributed by atoms with van der Waals surface area (Å²) in [4.78, 5) is 11.5. The summed E-state index contributed by atoms with van der Waals surface area (Å²) < 4.78 is 0. The molecule has 1 unspecified atom stereocenters. The minimum Gasteiger partial charge on any atom is -0.325 e. The van der Waals surface area contributed by atoms with Gasteiger partial charge in [-0.3, -0.25) is 4.79 Å². The van der Waals surface area contributed by atoms with E-state index in [1.807, 2.05) is 13.8 Å². The van der Waals surface area contributed by atoms with Crippen molar-refractivity contribution >= 4 is 5.78 Å². The molecule has 0 aliphatic carbocycles. The summed E-state index contributed by atoms with van der Waals surface area (Å²) in [6.07, 6.45) is 11.4. The van der Waals surface area contributed by atoms with Crippen LogP contribution < -0.4 is 5.73 Å². The Balaban J connectivity index is 3.60. The van der Waals surface area contributed by atoms with Crippen LogP contribution in [0.1, 0.15) is 85.5 Å². The molecular formula is C16H33NO. The van der Waals surface area contributed by atoms with E-state index in [1.165, 1.54) is 44.9 Å². The Morgan fingerprint density at radius 2 is 1.44 bits per heavy atom. The standard InChI is InChI=1S/C16H33NO/c1-5-6-7-8-9-10-11-12-13-15(14(2)18)16(3,4)17/h15H,5-13,17H2,1-4H3. The summed E-state index contributed by atoms with van der Waals surface area (Å²) in [5.74, 6) is 0.267. The smallest absolute Gasteiger partial charge is 0.134 e. The predicted octanol–water partition coefficient (Wildman–Crippen LogP) is 4.46. The van der Waals surface area contributed by atoms with Gasteiger partial charge in [-0.15, -0.1) is 0 Å². The monoisotopic (exact) mass is 255 g/mol. The summed E-state index contributed by atoms with van der Waals surface area (Å²) in [7, 11) is 0. The second-order valence-corrected chi connectivity index (χ2v) is 6.25. The van der Waals surface area contributed by atoms with Gasteiger partial charge in [-0.25, -0.2) is 0 Å². The zero-order valence-corrected chi connectivity index (χ0v) is 12.9. The molecule has 0 radical (unpaired) electrons. The summed E-state index contributed by atoms with van der Waals surface area (Å²) in [6.45, 7) is 7.84. The maximum atomic E-state index is 11.5. The minimum atomic E-state index is -0.368. The van der Waals surface area contributed by atoms with Crippen LogP contribution in [0.4, 0.5) is 0 Å². The Kier molecular flexibility index (Phi) is 9.35. The number of unbranched alkanes of at least 4 members (excludes halogenated alkanes) is 7. The summed E-state index contributed by atoms with van der Waals surface area (Å²) >= 11 is 0. The zero-order chi connectivity index (χ0) is 14.0. The van der Waals surface area contributed by atoms with Gasteiger partial charge in [0.1, 0.15) is 5.78 Å². The van der Waals surface area contributed by atoms with Crippen LogP contribution in [0.5, 0.6) is 0 Å². The number of ketones is 1. The molecule has 2 N–H and O–H groups in total. The van der Waals surface area contributed by atoms with Crippen LogP contribution in [0.25, 0.3) is 0 Å². The zero-order valence-electron chi connectivity index (χ0n) is 12.9. The van der Waals surface area contributed by atoms with E-state index in [0.29, 0.717) is 0 Å². The van der Waals surface area contributed by atoms with Gasteiger partial charge >= 0.3 is 0 Å². The van der Waals surface area contributed by atoms with E-state index in [0.717, 1.165) is 12.8 Å². The van der Waals surface area contributed by atoms with E-state index in [-0.39, 0.29) is 17.2 Å². The Labute approximate surface area is 114 Å². The molecule has 0 aromatic heterocycles. The second kappa shape index (κ2) is 9.55. The topological polar surface area (TPSA) is 43.1 Å². The van der Waals surface area contributed by atoms with Crippen molar-refractivity contribution < 1.29 is 4.79 Å². The fourth-order valence-electron chi connectivity index (χ4n) is 2.58. The highest BCUT2D eigenvalue weighted by atomic mass is 16.1. The molecule has 0 fully saturated rings. The van der Waals surface area contributed by atoms with E-state index < -0.39 is 0 Å². The normalized spacial score (nSPS) is 13.6. The summed E-state index contributed by atoms with van der Waals surface area (Å²) in [6, 6.07) is 0. The third kappa shape index (κ3) is 8.68. The molecule has 0 aliphatic rings. The van der Waals surface area contributed by atoms with Crippen molar-refractivity contribution in [1.82, 2.24) is 0 Å². The number of carbonyl (C=O) groups is 1. The lowest BCUT2D eigenvalue weighted by Crippen LogP contribution is -2.44. The maximum Gasteiger partial charge on any atom is 0.134 e. The van der Waals surface area contributed by atoms with Crippen LogP contribution in [0, 0.1) is 5.92 Å². The van der Waals surface area contributed by atoms with Gasteiger partial charge in [0.05, 0.1) is 0 Å².